The minimum Gasteiger partial charge on any atom is -0.493 e. The summed E-state index contributed by atoms with van der Waals surface area (Å²) in [4.78, 5) is 26.5. The molecule has 2 aromatic carbocycles. The molecular weight excluding hydrogens is 332 g/mol. The lowest BCUT2D eigenvalue weighted by Gasteiger charge is -2.18. The van der Waals surface area contributed by atoms with Crippen LogP contribution in [0.25, 0.3) is 0 Å². The highest BCUT2D eigenvalue weighted by molar-refractivity contribution is 6.07. The Bertz CT molecular complexity index is 819. The van der Waals surface area contributed by atoms with Crippen molar-refractivity contribution in [3.05, 3.63) is 53.6 Å². The summed E-state index contributed by atoms with van der Waals surface area (Å²) in [6.07, 6.45) is 0.798. The molecule has 6 nitrogen and oxygen atoms in total. The Morgan fingerprint density at radius 1 is 1.19 bits per heavy atom. The van der Waals surface area contributed by atoms with Crippen LogP contribution in [0.1, 0.15) is 22.8 Å². The zero-order valence-corrected chi connectivity index (χ0v) is 15.0. The van der Waals surface area contributed by atoms with Crippen LogP contribution in [0.15, 0.2) is 42.5 Å². The lowest BCUT2D eigenvalue weighted by molar-refractivity contribution is -0.122. The summed E-state index contributed by atoms with van der Waals surface area (Å²) < 4.78 is 10.5. The van der Waals surface area contributed by atoms with Crippen molar-refractivity contribution in [3.63, 3.8) is 0 Å². The lowest BCUT2D eigenvalue weighted by Crippen LogP contribution is -2.32. The molecule has 0 unspecified atom stereocenters. The third-order valence-corrected chi connectivity index (χ3v) is 4.24. The Kier molecular flexibility index (Phi) is 5.53. The fourth-order valence-electron chi connectivity index (χ4n) is 3.05. The number of amides is 2. The maximum atomic E-state index is 12.6. The summed E-state index contributed by atoms with van der Waals surface area (Å²) in [5.74, 6) is 0.212. The molecule has 26 heavy (non-hydrogen) atoms. The van der Waals surface area contributed by atoms with Gasteiger partial charge in [-0.1, -0.05) is 18.2 Å². The minimum absolute atomic E-state index is 0.0394. The topological polar surface area (TPSA) is 67.9 Å². The standard InChI is InChI=1S/C20H22N2O4/c1-3-26-18-7-5-4-6-16(18)20(24)21-15-9-8-14-10-11-22(17(14)12-15)19(23)13-25-2/h4-9,12H,3,10-11,13H2,1-2H3,(H,21,24). The van der Waals surface area contributed by atoms with E-state index >= 15 is 0 Å². The van der Waals surface area contributed by atoms with Gasteiger partial charge >= 0.3 is 0 Å². The molecule has 1 aliphatic heterocycles. The average molecular weight is 354 g/mol. The van der Waals surface area contributed by atoms with Crippen LogP contribution in [0.4, 0.5) is 11.4 Å². The molecular formula is C20H22N2O4. The van der Waals surface area contributed by atoms with Crippen LogP contribution in [-0.4, -0.2) is 38.7 Å². The zero-order valence-electron chi connectivity index (χ0n) is 15.0. The highest BCUT2D eigenvalue weighted by Crippen LogP contribution is 2.31. The van der Waals surface area contributed by atoms with Crippen molar-refractivity contribution >= 4 is 23.2 Å². The van der Waals surface area contributed by atoms with Gasteiger partial charge in [0.2, 0.25) is 0 Å². The molecule has 0 bridgehead atoms. The number of carbonyl (C=O) groups is 2. The predicted octanol–water partition coefficient (Wildman–Crippen LogP) is 2.87. The molecule has 0 saturated heterocycles. The summed E-state index contributed by atoms with van der Waals surface area (Å²) in [6, 6.07) is 12.7. The Morgan fingerprint density at radius 2 is 2.00 bits per heavy atom. The number of hydrogen-bond acceptors (Lipinski definition) is 4. The number of nitrogens with one attached hydrogen (secondary N) is 1. The maximum Gasteiger partial charge on any atom is 0.259 e. The SMILES string of the molecule is CCOc1ccccc1C(=O)Nc1ccc2c(c1)N(C(=O)COC)CC2. The van der Waals surface area contributed by atoms with Gasteiger partial charge in [-0.15, -0.1) is 0 Å². The quantitative estimate of drug-likeness (QED) is 0.866. The van der Waals surface area contributed by atoms with E-state index in [1.807, 2.05) is 31.2 Å². The Labute approximate surface area is 152 Å². The normalized spacial score (nSPS) is 12.6. The fourth-order valence-corrected chi connectivity index (χ4v) is 3.05. The molecule has 0 atom stereocenters. The summed E-state index contributed by atoms with van der Waals surface area (Å²) in [6.45, 7) is 3.03. The molecule has 0 aliphatic carbocycles. The number of nitrogens with zero attached hydrogens (tertiary/aromatic N) is 1. The monoisotopic (exact) mass is 354 g/mol. The van der Waals surface area contributed by atoms with E-state index in [1.165, 1.54) is 7.11 Å². The largest absolute Gasteiger partial charge is 0.493 e. The number of benzene rings is 2. The second-order valence-electron chi connectivity index (χ2n) is 5.96. The van der Waals surface area contributed by atoms with Crippen molar-refractivity contribution in [3.8, 4) is 5.75 Å². The van der Waals surface area contributed by atoms with Crippen LogP contribution in [0.5, 0.6) is 5.75 Å². The summed E-state index contributed by atoms with van der Waals surface area (Å²) in [5, 5.41) is 2.89. The Hall–Kier alpha value is -2.86. The van der Waals surface area contributed by atoms with E-state index in [-0.39, 0.29) is 18.4 Å². The van der Waals surface area contributed by atoms with Crippen molar-refractivity contribution in [2.45, 2.75) is 13.3 Å². The van der Waals surface area contributed by atoms with Gasteiger partial charge in [-0.2, -0.15) is 0 Å². The molecule has 136 valence electrons. The second-order valence-corrected chi connectivity index (χ2v) is 5.96. The first-order valence-corrected chi connectivity index (χ1v) is 8.59. The first kappa shape index (κ1) is 17.9. The first-order chi connectivity index (χ1) is 12.6. The third kappa shape index (κ3) is 3.70. The summed E-state index contributed by atoms with van der Waals surface area (Å²) in [5.41, 5.74) is 3.02. The highest BCUT2D eigenvalue weighted by atomic mass is 16.5. The van der Waals surface area contributed by atoms with E-state index in [0.29, 0.717) is 30.2 Å². The van der Waals surface area contributed by atoms with E-state index in [4.69, 9.17) is 9.47 Å². The molecule has 0 saturated carbocycles. The van der Waals surface area contributed by atoms with E-state index in [1.54, 1.807) is 23.1 Å². The molecule has 1 N–H and O–H groups in total. The highest BCUT2D eigenvalue weighted by Gasteiger charge is 2.25. The van der Waals surface area contributed by atoms with Crippen LogP contribution in [0.2, 0.25) is 0 Å². The van der Waals surface area contributed by atoms with Gasteiger partial charge in [-0.25, -0.2) is 0 Å². The number of methoxy groups -OCH3 is 1. The van der Waals surface area contributed by atoms with E-state index < -0.39 is 0 Å². The summed E-state index contributed by atoms with van der Waals surface area (Å²) >= 11 is 0. The molecule has 0 fully saturated rings. The Balaban J connectivity index is 1.81. The number of anilines is 2. The van der Waals surface area contributed by atoms with Crippen molar-refractivity contribution in [1.82, 2.24) is 0 Å². The van der Waals surface area contributed by atoms with Gasteiger partial charge in [-0.3, -0.25) is 9.59 Å². The first-order valence-electron chi connectivity index (χ1n) is 8.59. The zero-order chi connectivity index (χ0) is 18.5. The second kappa shape index (κ2) is 8.01. The molecule has 0 spiro atoms. The van der Waals surface area contributed by atoms with Crippen LogP contribution in [0.3, 0.4) is 0 Å². The molecule has 1 heterocycles. The van der Waals surface area contributed by atoms with E-state index in [0.717, 1.165) is 17.7 Å². The van der Waals surface area contributed by atoms with E-state index in [9.17, 15) is 9.59 Å². The van der Waals surface area contributed by atoms with Gasteiger partial charge in [-0.05, 0) is 43.2 Å². The number of rotatable bonds is 6. The number of fused-ring (bicyclic) bond motifs is 1. The van der Waals surface area contributed by atoms with Gasteiger partial charge in [0.05, 0.1) is 12.2 Å². The number of ether oxygens (including phenoxy) is 2. The van der Waals surface area contributed by atoms with Gasteiger partial charge in [0.25, 0.3) is 11.8 Å². The Morgan fingerprint density at radius 3 is 2.77 bits per heavy atom. The molecule has 0 aromatic heterocycles. The smallest absolute Gasteiger partial charge is 0.259 e. The molecule has 3 rings (SSSR count). The molecule has 0 radical (unpaired) electrons. The van der Waals surface area contributed by atoms with Crippen molar-refractivity contribution < 1.29 is 19.1 Å². The van der Waals surface area contributed by atoms with Crippen LogP contribution in [-0.2, 0) is 16.0 Å². The maximum absolute atomic E-state index is 12.6. The average Bonchev–Trinajstić information content (AvgIpc) is 3.06. The minimum atomic E-state index is -0.248. The summed E-state index contributed by atoms with van der Waals surface area (Å²) in [7, 11) is 1.50. The fraction of sp³-hybridized carbons (Fsp3) is 0.300. The number of para-hydroxylation sites is 1. The number of carbonyl (C=O) groups excluding carboxylic acids is 2. The van der Waals surface area contributed by atoms with Crippen molar-refractivity contribution in [1.29, 1.82) is 0 Å². The molecule has 6 heteroatoms. The van der Waals surface area contributed by atoms with Gasteiger partial charge in [0, 0.05) is 25.0 Å². The molecule has 2 aromatic rings. The third-order valence-electron chi connectivity index (χ3n) is 4.24. The van der Waals surface area contributed by atoms with E-state index in [2.05, 4.69) is 5.32 Å². The van der Waals surface area contributed by atoms with Crippen LogP contribution >= 0.6 is 0 Å². The van der Waals surface area contributed by atoms with Crippen LogP contribution < -0.4 is 15.0 Å². The van der Waals surface area contributed by atoms with Gasteiger partial charge in [0.15, 0.2) is 0 Å². The molecule has 2 amide bonds. The van der Waals surface area contributed by atoms with Gasteiger partial charge < -0.3 is 19.7 Å². The molecule has 1 aliphatic rings. The number of hydrogen-bond donors (Lipinski definition) is 1. The van der Waals surface area contributed by atoms with Gasteiger partial charge in [0.1, 0.15) is 12.4 Å². The van der Waals surface area contributed by atoms with Crippen LogP contribution in [0, 0.1) is 0 Å². The van der Waals surface area contributed by atoms with Crippen molar-refractivity contribution in [2.24, 2.45) is 0 Å². The van der Waals surface area contributed by atoms with Crippen molar-refractivity contribution in [2.75, 3.05) is 37.1 Å². The lowest BCUT2D eigenvalue weighted by atomic mass is 10.1. The predicted molar refractivity (Wildman–Crippen MR) is 99.9 cm³/mol.